The average molecular weight is 501 g/mol. The minimum absolute atomic E-state index is 0.291. The highest BCUT2D eigenvalue weighted by atomic mass is 32.2. The van der Waals surface area contributed by atoms with Crippen LogP contribution in [0.25, 0.3) is 38.5 Å². The quantitative estimate of drug-likeness (QED) is 0.388. The molecule has 2 N–H and O–H groups in total. The van der Waals surface area contributed by atoms with E-state index in [4.69, 9.17) is 10.7 Å². The lowest BCUT2D eigenvalue weighted by Gasteiger charge is -2.15. The van der Waals surface area contributed by atoms with Crippen LogP contribution in [0.15, 0.2) is 65.0 Å². The molecule has 10 heteroatoms. The molecule has 174 valence electrons. The van der Waals surface area contributed by atoms with E-state index in [1.165, 1.54) is 15.6 Å². The van der Waals surface area contributed by atoms with Gasteiger partial charge in [0.2, 0.25) is 10.0 Å². The van der Waals surface area contributed by atoms with Crippen LogP contribution in [0, 0.1) is 11.3 Å². The fourth-order valence-corrected chi connectivity index (χ4v) is 6.86. The number of nitrogens with two attached hydrogens (primary N) is 1. The second kappa shape index (κ2) is 8.16. The zero-order valence-corrected chi connectivity index (χ0v) is 20.2. The van der Waals surface area contributed by atoms with Crippen molar-refractivity contribution in [3.63, 3.8) is 0 Å². The first kappa shape index (κ1) is 21.7. The summed E-state index contributed by atoms with van der Waals surface area (Å²) in [4.78, 5) is 9.64. The fraction of sp³-hybridized carbons (Fsp3) is 0.160. The van der Waals surface area contributed by atoms with Crippen molar-refractivity contribution in [2.24, 2.45) is 0 Å². The number of sulfonamides is 1. The summed E-state index contributed by atoms with van der Waals surface area (Å²) in [5.74, 6) is 0. The fourth-order valence-electron chi connectivity index (χ4n) is 4.49. The molecule has 3 aromatic heterocycles. The van der Waals surface area contributed by atoms with Gasteiger partial charge in [-0.3, -0.25) is 4.40 Å². The number of imidazole rings is 1. The molecule has 6 rings (SSSR count). The molecule has 0 unspecified atom stereocenters. The summed E-state index contributed by atoms with van der Waals surface area (Å²) < 4.78 is 29.0. The van der Waals surface area contributed by atoms with Crippen LogP contribution in [0.3, 0.4) is 0 Å². The lowest BCUT2D eigenvalue weighted by atomic mass is 10.1. The molecule has 0 saturated carbocycles. The maximum absolute atomic E-state index is 12.8. The van der Waals surface area contributed by atoms with Gasteiger partial charge >= 0.3 is 0 Å². The molecule has 0 aliphatic carbocycles. The van der Waals surface area contributed by atoms with Crippen LogP contribution < -0.4 is 5.73 Å². The van der Waals surface area contributed by atoms with Gasteiger partial charge in [0.15, 0.2) is 5.65 Å². The highest BCUT2D eigenvalue weighted by molar-refractivity contribution is 7.89. The van der Waals surface area contributed by atoms with Gasteiger partial charge in [-0.15, -0.1) is 11.3 Å². The summed E-state index contributed by atoms with van der Waals surface area (Å²) in [6.07, 6.45) is 3.67. The molecule has 8 nitrogen and oxygen atoms in total. The Kier molecular flexibility index (Phi) is 5.07. The Labute approximate surface area is 205 Å². The third kappa shape index (κ3) is 3.47. The predicted molar refractivity (Wildman–Crippen MR) is 136 cm³/mol. The van der Waals surface area contributed by atoms with E-state index in [-0.39, 0.29) is 0 Å². The number of nitrogens with zero attached hydrogens (tertiary/aromatic N) is 5. The molecule has 1 aliphatic rings. The molecule has 5 aromatic rings. The van der Waals surface area contributed by atoms with Crippen molar-refractivity contribution in [2.45, 2.75) is 17.7 Å². The zero-order valence-electron chi connectivity index (χ0n) is 18.5. The second-order valence-electron chi connectivity index (χ2n) is 8.41. The largest absolute Gasteiger partial charge is 0.397 e. The molecule has 1 saturated heterocycles. The van der Waals surface area contributed by atoms with Gasteiger partial charge in [0.25, 0.3) is 0 Å². The van der Waals surface area contributed by atoms with Crippen LogP contribution in [0.4, 0.5) is 5.69 Å². The minimum Gasteiger partial charge on any atom is -0.397 e. The highest BCUT2D eigenvalue weighted by Gasteiger charge is 2.27. The molecule has 4 heterocycles. The number of hydrogen-bond acceptors (Lipinski definition) is 7. The third-order valence-electron chi connectivity index (χ3n) is 6.34. The Bertz CT molecular complexity index is 1740. The van der Waals surface area contributed by atoms with Crippen LogP contribution in [-0.4, -0.2) is 40.2 Å². The molecule has 35 heavy (non-hydrogen) atoms. The number of anilines is 1. The van der Waals surface area contributed by atoms with E-state index in [2.05, 4.69) is 11.1 Å². The first-order chi connectivity index (χ1) is 17.0. The van der Waals surface area contributed by atoms with Crippen molar-refractivity contribution in [1.82, 2.24) is 18.7 Å². The average Bonchev–Trinajstić information content (AvgIpc) is 3.64. The number of fused-ring (bicyclic) bond motifs is 3. The van der Waals surface area contributed by atoms with Gasteiger partial charge in [0.05, 0.1) is 32.9 Å². The molecular formula is C25H20N6O2S2. The summed E-state index contributed by atoms with van der Waals surface area (Å²) >= 11 is 1.42. The number of nitriles is 1. The number of pyridine rings is 1. The van der Waals surface area contributed by atoms with E-state index in [9.17, 15) is 13.7 Å². The van der Waals surface area contributed by atoms with Crippen molar-refractivity contribution < 1.29 is 8.42 Å². The van der Waals surface area contributed by atoms with Gasteiger partial charge in [-0.05, 0) is 37.1 Å². The number of benzene rings is 2. The molecule has 1 aliphatic heterocycles. The first-order valence-electron chi connectivity index (χ1n) is 11.1. The second-order valence-corrected chi connectivity index (χ2v) is 11.2. The van der Waals surface area contributed by atoms with Crippen molar-refractivity contribution in [1.29, 1.82) is 5.26 Å². The van der Waals surface area contributed by atoms with Crippen LogP contribution in [-0.2, 0) is 10.0 Å². The Morgan fingerprint density at radius 2 is 1.77 bits per heavy atom. The van der Waals surface area contributed by atoms with Gasteiger partial charge in [-0.25, -0.2) is 18.4 Å². The van der Waals surface area contributed by atoms with Crippen LogP contribution >= 0.6 is 11.3 Å². The van der Waals surface area contributed by atoms with E-state index in [1.807, 2.05) is 40.2 Å². The predicted octanol–water partition coefficient (Wildman–Crippen LogP) is 4.52. The van der Waals surface area contributed by atoms with Crippen LogP contribution in [0.1, 0.15) is 18.4 Å². The Morgan fingerprint density at radius 3 is 2.51 bits per heavy atom. The minimum atomic E-state index is -3.46. The molecule has 0 radical (unpaired) electrons. The third-order valence-corrected chi connectivity index (χ3v) is 9.12. The summed E-state index contributed by atoms with van der Waals surface area (Å²) in [6, 6.07) is 16.7. The van der Waals surface area contributed by atoms with Crippen LogP contribution in [0.2, 0.25) is 0 Å². The number of thiazole rings is 1. The van der Waals surface area contributed by atoms with E-state index in [1.54, 1.807) is 24.3 Å². The molecule has 0 atom stereocenters. The lowest BCUT2D eigenvalue weighted by molar-refractivity contribution is 0.477. The Hall–Kier alpha value is -3.78. The van der Waals surface area contributed by atoms with E-state index in [0.29, 0.717) is 51.1 Å². The Morgan fingerprint density at radius 1 is 1.03 bits per heavy atom. The molecule has 2 aromatic carbocycles. The van der Waals surface area contributed by atoms with Gasteiger partial charge in [-0.1, -0.05) is 24.3 Å². The smallest absolute Gasteiger partial charge is 0.243 e. The number of nitrogen functional groups attached to an aromatic ring is 1. The number of rotatable bonds is 4. The first-order valence-corrected chi connectivity index (χ1v) is 13.5. The summed E-state index contributed by atoms with van der Waals surface area (Å²) in [5, 5.41) is 12.4. The Balaban J connectivity index is 1.39. The summed E-state index contributed by atoms with van der Waals surface area (Å²) in [7, 11) is -3.46. The van der Waals surface area contributed by atoms with Crippen molar-refractivity contribution in [2.75, 3.05) is 18.8 Å². The van der Waals surface area contributed by atoms with Crippen LogP contribution in [0.5, 0.6) is 0 Å². The molecular weight excluding hydrogens is 480 g/mol. The maximum atomic E-state index is 12.8. The van der Waals surface area contributed by atoms with E-state index >= 15 is 0 Å². The molecule has 0 amide bonds. The summed E-state index contributed by atoms with van der Waals surface area (Å²) in [5.41, 5.74) is 11.4. The highest BCUT2D eigenvalue weighted by Crippen LogP contribution is 2.36. The summed E-state index contributed by atoms with van der Waals surface area (Å²) in [6.45, 7) is 1.14. The SMILES string of the molecule is N#Cc1c(N)c(-c2nc(-c3ccc(S(=O)(=O)N4CCCC4)cc3)cs2)cn2c1nc1ccccc12. The number of para-hydroxylation sites is 2. The monoisotopic (exact) mass is 500 g/mol. The molecule has 0 bridgehead atoms. The normalized spacial score (nSPS) is 14.6. The van der Waals surface area contributed by atoms with Gasteiger partial charge in [0.1, 0.15) is 16.6 Å². The van der Waals surface area contributed by atoms with Crippen molar-refractivity contribution >= 4 is 43.7 Å². The van der Waals surface area contributed by atoms with Crippen molar-refractivity contribution in [3.8, 4) is 27.9 Å². The number of hydrogen-bond donors (Lipinski definition) is 1. The standard InChI is InChI=1S/C25H20N6O2S2/c26-13-18-23(27)19(14-31-22-6-2-1-5-20(22)28-24(18)31)25-29-21(15-34-25)16-7-9-17(10-8-16)35(32,33)30-11-3-4-12-30/h1-2,5-10,14-15H,3-4,11-12,27H2. The van der Waals surface area contributed by atoms with E-state index in [0.717, 1.165) is 29.4 Å². The van der Waals surface area contributed by atoms with Gasteiger partial charge in [0, 0.05) is 30.2 Å². The van der Waals surface area contributed by atoms with E-state index < -0.39 is 10.0 Å². The topological polar surface area (TPSA) is 117 Å². The maximum Gasteiger partial charge on any atom is 0.243 e. The zero-order chi connectivity index (χ0) is 24.2. The molecule has 1 fully saturated rings. The lowest BCUT2D eigenvalue weighted by Crippen LogP contribution is -2.27. The van der Waals surface area contributed by atoms with Gasteiger partial charge < -0.3 is 5.73 Å². The van der Waals surface area contributed by atoms with Gasteiger partial charge in [-0.2, -0.15) is 9.57 Å². The number of aromatic nitrogens is 3. The molecule has 0 spiro atoms. The van der Waals surface area contributed by atoms with Crippen molar-refractivity contribution in [3.05, 3.63) is 65.7 Å².